The molecule has 3 aromatic carbocycles. The Bertz CT molecular complexity index is 1220. The molecule has 0 atom stereocenters. The lowest BCUT2D eigenvalue weighted by molar-refractivity contribution is -0.688. The number of hydrogen-bond donors (Lipinski definition) is 0. The van der Waals surface area contributed by atoms with E-state index in [2.05, 4.69) is 94.3 Å². The third-order valence-corrected chi connectivity index (χ3v) is 5.47. The van der Waals surface area contributed by atoms with Gasteiger partial charge in [-0.25, -0.2) is 4.57 Å². The summed E-state index contributed by atoms with van der Waals surface area (Å²) in [4.78, 5) is 0. The molecule has 0 bridgehead atoms. The van der Waals surface area contributed by atoms with Crippen molar-refractivity contribution in [2.45, 2.75) is 13.1 Å². The Morgan fingerprint density at radius 2 is 1.32 bits per heavy atom. The van der Waals surface area contributed by atoms with Crippen LogP contribution in [0.3, 0.4) is 0 Å². The van der Waals surface area contributed by atoms with Crippen LogP contribution in [-0.2, 0) is 13.1 Å². The van der Waals surface area contributed by atoms with Crippen molar-refractivity contribution in [3.63, 3.8) is 0 Å². The van der Waals surface area contributed by atoms with E-state index in [0.717, 1.165) is 18.1 Å². The summed E-state index contributed by atoms with van der Waals surface area (Å²) in [5.74, 6) is 0. The zero-order valence-electron chi connectivity index (χ0n) is 15.4. The number of halogens is 1. The summed E-state index contributed by atoms with van der Waals surface area (Å²) in [6.45, 7) is 1.67. The van der Waals surface area contributed by atoms with Gasteiger partial charge in [0.15, 0.2) is 18.9 Å². The first-order valence-electron chi connectivity index (χ1n) is 9.46. The van der Waals surface area contributed by atoms with E-state index in [1.807, 2.05) is 12.1 Å². The van der Waals surface area contributed by atoms with Gasteiger partial charge in [0.05, 0.1) is 6.54 Å². The molecule has 0 aliphatic carbocycles. The van der Waals surface area contributed by atoms with Crippen molar-refractivity contribution in [3.8, 4) is 0 Å². The van der Waals surface area contributed by atoms with Gasteiger partial charge in [-0.05, 0) is 30.3 Å². The van der Waals surface area contributed by atoms with Gasteiger partial charge in [-0.15, -0.1) is 0 Å². The lowest BCUT2D eigenvalue weighted by atomic mass is 10.2. The van der Waals surface area contributed by atoms with Crippen molar-refractivity contribution in [2.75, 3.05) is 0 Å². The molecule has 0 spiro atoms. The smallest absolute Gasteiger partial charge is 0.174 e. The van der Waals surface area contributed by atoms with Crippen LogP contribution in [0.2, 0.25) is 5.02 Å². The Labute approximate surface area is 169 Å². The lowest BCUT2D eigenvalue weighted by Crippen LogP contribution is -2.34. The van der Waals surface area contributed by atoms with E-state index in [9.17, 15) is 0 Å². The van der Waals surface area contributed by atoms with Gasteiger partial charge in [0, 0.05) is 44.0 Å². The summed E-state index contributed by atoms with van der Waals surface area (Å²) in [5, 5.41) is 3.39. The Balaban J connectivity index is 1.52. The average molecular weight is 384 g/mol. The molecule has 2 heterocycles. The minimum absolute atomic E-state index is 0.772. The van der Waals surface area contributed by atoms with Crippen LogP contribution in [0, 0.1) is 0 Å². The van der Waals surface area contributed by atoms with E-state index < -0.39 is 0 Å². The van der Waals surface area contributed by atoms with E-state index in [4.69, 9.17) is 11.6 Å². The lowest BCUT2D eigenvalue weighted by Gasteiger charge is -2.07. The Morgan fingerprint density at radius 1 is 0.679 bits per heavy atom. The van der Waals surface area contributed by atoms with Crippen LogP contribution in [0.4, 0.5) is 0 Å². The van der Waals surface area contributed by atoms with Crippen LogP contribution >= 0.6 is 11.6 Å². The predicted octanol–water partition coefficient (Wildman–Crippen LogP) is 5.83. The van der Waals surface area contributed by atoms with Crippen LogP contribution in [0.15, 0.2) is 97.3 Å². The molecule has 0 aliphatic heterocycles. The van der Waals surface area contributed by atoms with Crippen molar-refractivity contribution in [2.24, 2.45) is 0 Å². The summed E-state index contributed by atoms with van der Waals surface area (Å²) in [5.41, 5.74) is 5.07. The Morgan fingerprint density at radius 3 is 2.00 bits per heavy atom. The zero-order chi connectivity index (χ0) is 18.9. The van der Waals surface area contributed by atoms with Gasteiger partial charge in [0.25, 0.3) is 0 Å². The number of pyridine rings is 1. The topological polar surface area (TPSA) is 8.81 Å². The van der Waals surface area contributed by atoms with Gasteiger partial charge in [-0.2, -0.15) is 0 Å². The molecule has 0 saturated carbocycles. The fraction of sp³-hybridized carbons (Fsp3) is 0.0800. The molecule has 2 aromatic heterocycles. The number of hydrogen-bond acceptors (Lipinski definition) is 0. The first kappa shape index (κ1) is 17.0. The first-order chi connectivity index (χ1) is 13.8. The second-order valence-corrected chi connectivity index (χ2v) is 7.57. The number of fused-ring (bicyclic) bond motifs is 3. The maximum Gasteiger partial charge on any atom is 0.174 e. The molecule has 2 nitrogen and oxygen atoms in total. The highest BCUT2D eigenvalue weighted by Gasteiger charge is 2.11. The molecule has 28 heavy (non-hydrogen) atoms. The predicted molar refractivity (Wildman–Crippen MR) is 116 cm³/mol. The van der Waals surface area contributed by atoms with E-state index >= 15 is 0 Å². The molecule has 0 unspecified atom stereocenters. The summed E-state index contributed by atoms with van der Waals surface area (Å²) < 4.78 is 4.64. The van der Waals surface area contributed by atoms with Crippen molar-refractivity contribution < 1.29 is 4.57 Å². The molecule has 0 N–H and O–H groups in total. The van der Waals surface area contributed by atoms with Crippen molar-refractivity contribution in [3.05, 3.63) is 113 Å². The van der Waals surface area contributed by atoms with Gasteiger partial charge >= 0.3 is 0 Å². The van der Waals surface area contributed by atoms with E-state index in [1.165, 1.54) is 32.9 Å². The number of benzene rings is 3. The van der Waals surface area contributed by atoms with Crippen molar-refractivity contribution >= 4 is 33.4 Å². The van der Waals surface area contributed by atoms with Crippen molar-refractivity contribution in [1.29, 1.82) is 0 Å². The van der Waals surface area contributed by atoms with E-state index in [-0.39, 0.29) is 0 Å². The average Bonchev–Trinajstić information content (AvgIpc) is 3.04. The Hall–Kier alpha value is -3.10. The normalized spacial score (nSPS) is 11.3. The van der Waals surface area contributed by atoms with E-state index in [0.29, 0.717) is 0 Å². The largest absolute Gasteiger partial charge is 0.336 e. The quantitative estimate of drug-likeness (QED) is 0.345. The molecule has 0 fully saturated rings. The number of para-hydroxylation sites is 2. The molecule has 5 rings (SSSR count). The third-order valence-electron chi connectivity index (χ3n) is 5.22. The Kier molecular flexibility index (Phi) is 4.34. The fourth-order valence-corrected chi connectivity index (χ4v) is 4.05. The summed E-state index contributed by atoms with van der Waals surface area (Å²) in [6, 6.07) is 29.7. The first-order valence-corrected chi connectivity index (χ1v) is 9.84. The number of aromatic nitrogens is 2. The summed E-state index contributed by atoms with van der Waals surface area (Å²) in [6.07, 6.45) is 4.35. The van der Waals surface area contributed by atoms with Gasteiger partial charge in [-0.1, -0.05) is 60.1 Å². The SMILES string of the molecule is Clc1ccc(C[n+]2cccc(Cn3c4ccccc4c4ccccc43)c2)cc1. The molecule has 0 aliphatic rings. The van der Waals surface area contributed by atoms with Gasteiger partial charge in [0.1, 0.15) is 0 Å². The molecule has 0 radical (unpaired) electrons. The molecular weight excluding hydrogens is 364 g/mol. The second kappa shape index (κ2) is 7.14. The highest BCUT2D eigenvalue weighted by molar-refractivity contribution is 6.30. The second-order valence-electron chi connectivity index (χ2n) is 7.13. The van der Waals surface area contributed by atoms with Crippen LogP contribution in [0.25, 0.3) is 21.8 Å². The minimum atomic E-state index is 0.772. The maximum atomic E-state index is 6.01. The van der Waals surface area contributed by atoms with Gasteiger partial charge in [0.2, 0.25) is 0 Å². The monoisotopic (exact) mass is 383 g/mol. The van der Waals surface area contributed by atoms with Crippen LogP contribution in [0.1, 0.15) is 11.1 Å². The molecule has 0 amide bonds. The highest BCUT2D eigenvalue weighted by Crippen LogP contribution is 2.29. The van der Waals surface area contributed by atoms with E-state index in [1.54, 1.807) is 0 Å². The minimum Gasteiger partial charge on any atom is -0.336 e. The van der Waals surface area contributed by atoms with Gasteiger partial charge < -0.3 is 4.57 Å². The summed E-state index contributed by atoms with van der Waals surface area (Å²) >= 11 is 6.01. The molecule has 5 aromatic rings. The number of nitrogens with zero attached hydrogens (tertiary/aromatic N) is 2. The molecular formula is C25H20ClN2+. The van der Waals surface area contributed by atoms with Crippen LogP contribution < -0.4 is 4.57 Å². The fourth-order valence-electron chi connectivity index (χ4n) is 3.92. The molecule has 0 saturated heterocycles. The van der Waals surface area contributed by atoms with Crippen molar-refractivity contribution in [1.82, 2.24) is 4.57 Å². The van der Waals surface area contributed by atoms with Crippen LogP contribution in [-0.4, -0.2) is 4.57 Å². The standard InChI is InChI=1S/C25H20ClN2/c26-21-13-11-19(12-14-21)16-27-15-5-6-20(17-27)18-28-24-9-3-1-7-22(24)23-8-2-4-10-25(23)28/h1-15,17H,16,18H2/q+1. The third kappa shape index (κ3) is 3.17. The zero-order valence-corrected chi connectivity index (χ0v) is 16.2. The maximum absolute atomic E-state index is 6.01. The van der Waals surface area contributed by atoms with Crippen LogP contribution in [0.5, 0.6) is 0 Å². The van der Waals surface area contributed by atoms with Gasteiger partial charge in [-0.3, -0.25) is 0 Å². The molecule has 3 heteroatoms. The molecule has 136 valence electrons. The number of rotatable bonds is 4. The highest BCUT2D eigenvalue weighted by atomic mass is 35.5. The summed E-state index contributed by atoms with van der Waals surface area (Å²) in [7, 11) is 0.